The molecule has 25 heavy (non-hydrogen) atoms. The number of carbonyl (C=O) groups is 1. The van der Waals surface area contributed by atoms with E-state index in [4.69, 9.17) is 10.2 Å². The van der Waals surface area contributed by atoms with Gasteiger partial charge in [-0.2, -0.15) is 0 Å². The van der Waals surface area contributed by atoms with Crippen LogP contribution in [0.15, 0.2) is 47.3 Å². The summed E-state index contributed by atoms with van der Waals surface area (Å²) in [5.41, 5.74) is 8.56. The van der Waals surface area contributed by atoms with E-state index < -0.39 is 6.03 Å². The summed E-state index contributed by atoms with van der Waals surface area (Å²) < 4.78 is 5.60. The summed E-state index contributed by atoms with van der Waals surface area (Å²) >= 11 is 0. The third-order valence-electron chi connectivity index (χ3n) is 3.74. The highest BCUT2D eigenvalue weighted by atomic mass is 35.5. The first-order chi connectivity index (χ1) is 11.6. The fourth-order valence-corrected chi connectivity index (χ4v) is 2.74. The fraction of sp³-hybridized carbons (Fsp3) is 0.0588. The van der Waals surface area contributed by atoms with E-state index in [0.29, 0.717) is 22.7 Å². The maximum Gasteiger partial charge on any atom is 0.317 e. The molecule has 0 aliphatic carbocycles. The third-order valence-corrected chi connectivity index (χ3v) is 3.74. The van der Waals surface area contributed by atoms with Crippen LogP contribution in [0.25, 0.3) is 33.0 Å². The van der Waals surface area contributed by atoms with Gasteiger partial charge in [0.2, 0.25) is 0 Å². The Morgan fingerprint density at radius 2 is 2.04 bits per heavy atom. The fourth-order valence-electron chi connectivity index (χ4n) is 2.74. The predicted octanol–water partition coefficient (Wildman–Crippen LogP) is 3.66. The van der Waals surface area contributed by atoms with Crippen molar-refractivity contribution in [2.75, 3.05) is 5.32 Å². The summed E-state index contributed by atoms with van der Waals surface area (Å²) in [6.07, 6.45) is 5.03. The molecule has 0 saturated heterocycles. The second kappa shape index (κ2) is 6.37. The molecule has 3 aromatic heterocycles. The molecule has 0 aliphatic rings. The number of nitrogens with zero attached hydrogens (tertiary/aromatic N) is 3. The van der Waals surface area contributed by atoms with E-state index in [9.17, 15) is 4.79 Å². The van der Waals surface area contributed by atoms with Crippen LogP contribution in [0.2, 0.25) is 0 Å². The van der Waals surface area contributed by atoms with Gasteiger partial charge in [0.15, 0.2) is 11.5 Å². The molecular weight excluding hydrogens is 342 g/mol. The minimum absolute atomic E-state index is 0. The molecule has 0 spiro atoms. The number of amides is 2. The first-order valence-electron chi connectivity index (χ1n) is 7.28. The van der Waals surface area contributed by atoms with Gasteiger partial charge in [0.1, 0.15) is 11.3 Å². The van der Waals surface area contributed by atoms with Gasteiger partial charge in [0.25, 0.3) is 0 Å². The Morgan fingerprint density at radius 1 is 1.20 bits per heavy atom. The highest BCUT2D eigenvalue weighted by Crippen LogP contribution is 2.32. The van der Waals surface area contributed by atoms with E-state index in [1.807, 2.05) is 31.2 Å². The number of nitrogens with one attached hydrogen (secondary N) is 1. The van der Waals surface area contributed by atoms with Gasteiger partial charge < -0.3 is 10.2 Å². The normalized spacial score (nSPS) is 10.6. The lowest BCUT2D eigenvalue weighted by Gasteiger charge is -2.10. The van der Waals surface area contributed by atoms with E-state index in [2.05, 4.69) is 20.3 Å². The summed E-state index contributed by atoms with van der Waals surface area (Å²) in [4.78, 5) is 23.9. The number of rotatable bonds is 2. The van der Waals surface area contributed by atoms with Gasteiger partial charge in [-0.25, -0.2) is 14.8 Å². The van der Waals surface area contributed by atoms with Crippen molar-refractivity contribution in [3.05, 3.63) is 48.7 Å². The van der Waals surface area contributed by atoms with Crippen molar-refractivity contribution in [2.24, 2.45) is 5.73 Å². The highest BCUT2D eigenvalue weighted by molar-refractivity contribution is 6.05. The Balaban J connectivity index is 0.00000182. The summed E-state index contributed by atoms with van der Waals surface area (Å²) in [7, 11) is 0. The van der Waals surface area contributed by atoms with Crippen LogP contribution in [0.1, 0.15) is 5.89 Å². The monoisotopic (exact) mass is 355 g/mol. The summed E-state index contributed by atoms with van der Waals surface area (Å²) in [5.74, 6) is 1.00. The number of carbonyl (C=O) groups excluding carboxylic acids is 1. The van der Waals surface area contributed by atoms with Crippen molar-refractivity contribution >= 4 is 46.1 Å². The molecule has 0 fully saturated rings. The number of hydrogen-bond donors (Lipinski definition) is 2. The Hall–Kier alpha value is -3.19. The molecule has 7 nitrogen and oxygen atoms in total. The first-order valence-corrected chi connectivity index (χ1v) is 7.28. The minimum atomic E-state index is -0.668. The van der Waals surface area contributed by atoms with Crippen molar-refractivity contribution in [1.82, 2.24) is 15.0 Å². The molecule has 0 saturated carbocycles. The second-order valence-electron chi connectivity index (χ2n) is 5.35. The number of fused-ring (bicyclic) bond motifs is 2. The van der Waals surface area contributed by atoms with Gasteiger partial charge in [-0.05, 0) is 29.1 Å². The molecule has 126 valence electrons. The van der Waals surface area contributed by atoms with E-state index in [1.165, 1.54) is 0 Å². The third kappa shape index (κ3) is 2.97. The topological polar surface area (TPSA) is 107 Å². The second-order valence-corrected chi connectivity index (χ2v) is 5.35. The predicted molar refractivity (Wildman–Crippen MR) is 97.7 cm³/mol. The zero-order valence-corrected chi connectivity index (χ0v) is 14.0. The highest BCUT2D eigenvalue weighted by Gasteiger charge is 2.12. The lowest BCUT2D eigenvalue weighted by Crippen LogP contribution is -2.20. The van der Waals surface area contributed by atoms with Gasteiger partial charge >= 0.3 is 6.03 Å². The van der Waals surface area contributed by atoms with E-state index in [-0.39, 0.29) is 12.4 Å². The zero-order chi connectivity index (χ0) is 16.7. The number of aryl methyl sites for hydroxylation is 1. The lowest BCUT2D eigenvalue weighted by atomic mass is 10.0. The first kappa shape index (κ1) is 16.7. The average molecular weight is 356 g/mol. The number of urea groups is 1. The van der Waals surface area contributed by atoms with Crippen LogP contribution in [0.4, 0.5) is 10.6 Å². The lowest BCUT2D eigenvalue weighted by molar-refractivity contribution is 0.259. The maximum atomic E-state index is 11.1. The largest absolute Gasteiger partial charge is 0.441 e. The molecule has 4 aromatic rings. The van der Waals surface area contributed by atoms with Gasteiger partial charge in [0.05, 0.1) is 0 Å². The Morgan fingerprint density at radius 3 is 2.84 bits per heavy atom. The van der Waals surface area contributed by atoms with Crippen molar-refractivity contribution in [3.8, 4) is 11.1 Å². The van der Waals surface area contributed by atoms with Crippen molar-refractivity contribution in [2.45, 2.75) is 6.92 Å². The van der Waals surface area contributed by atoms with Crippen LogP contribution < -0.4 is 11.1 Å². The van der Waals surface area contributed by atoms with Crippen LogP contribution >= 0.6 is 12.4 Å². The Bertz CT molecular complexity index is 1090. The van der Waals surface area contributed by atoms with E-state index in [1.54, 1.807) is 18.6 Å². The van der Waals surface area contributed by atoms with E-state index >= 15 is 0 Å². The summed E-state index contributed by atoms with van der Waals surface area (Å²) in [5, 5.41) is 4.13. The molecule has 1 aromatic carbocycles. The number of anilines is 1. The molecule has 4 rings (SSSR count). The summed E-state index contributed by atoms with van der Waals surface area (Å²) in [6.45, 7) is 1.81. The molecule has 8 heteroatoms. The number of benzene rings is 1. The van der Waals surface area contributed by atoms with Crippen LogP contribution in [-0.2, 0) is 0 Å². The molecular formula is C17H14ClN5O2. The number of primary amides is 1. The average Bonchev–Trinajstić information content (AvgIpc) is 2.94. The van der Waals surface area contributed by atoms with Crippen LogP contribution in [0.5, 0.6) is 0 Å². The van der Waals surface area contributed by atoms with Crippen molar-refractivity contribution in [1.29, 1.82) is 0 Å². The molecule has 0 radical (unpaired) electrons. The standard InChI is InChI=1S/C17H13N5O2.ClH/c1-9-21-14-3-2-10(6-15(14)24-9)12-8-20-16(22-17(18)23)13-7-19-5-4-11(12)13;/h2-8H,1H3,(H3,18,20,22,23);1H. The quantitative estimate of drug-likeness (QED) is 0.570. The molecule has 0 unspecified atom stereocenters. The number of halogens is 1. The van der Waals surface area contributed by atoms with E-state index in [0.717, 1.165) is 22.0 Å². The van der Waals surface area contributed by atoms with Crippen LogP contribution in [0, 0.1) is 6.92 Å². The number of hydrogen-bond acceptors (Lipinski definition) is 5. The molecule has 3 N–H and O–H groups in total. The van der Waals surface area contributed by atoms with Crippen LogP contribution in [0.3, 0.4) is 0 Å². The van der Waals surface area contributed by atoms with Crippen molar-refractivity contribution in [3.63, 3.8) is 0 Å². The summed E-state index contributed by atoms with van der Waals surface area (Å²) in [6, 6.07) is 6.99. The number of nitrogens with two attached hydrogens (primary N) is 1. The Labute approximate surface area is 148 Å². The SMILES string of the molecule is Cc1nc2ccc(-c3cnc(NC(N)=O)c4cnccc34)cc2o1.Cl. The maximum absolute atomic E-state index is 11.1. The molecule has 3 heterocycles. The molecule has 2 amide bonds. The molecule has 0 bridgehead atoms. The van der Waals surface area contributed by atoms with Gasteiger partial charge in [0, 0.05) is 36.5 Å². The number of oxazole rings is 1. The minimum Gasteiger partial charge on any atom is -0.441 e. The number of aromatic nitrogens is 3. The van der Waals surface area contributed by atoms with Gasteiger partial charge in [-0.1, -0.05) is 6.07 Å². The molecule has 0 aliphatic heterocycles. The Kier molecular flexibility index (Phi) is 4.24. The van der Waals surface area contributed by atoms with Crippen molar-refractivity contribution < 1.29 is 9.21 Å². The zero-order valence-electron chi connectivity index (χ0n) is 13.2. The molecule has 0 atom stereocenters. The smallest absolute Gasteiger partial charge is 0.317 e. The van der Waals surface area contributed by atoms with Gasteiger partial charge in [-0.15, -0.1) is 12.4 Å². The van der Waals surface area contributed by atoms with Crippen LogP contribution in [-0.4, -0.2) is 21.0 Å². The van der Waals surface area contributed by atoms with Gasteiger partial charge in [-0.3, -0.25) is 10.3 Å². The number of pyridine rings is 2.